The van der Waals surface area contributed by atoms with Crippen LogP contribution >= 0.6 is 0 Å². The van der Waals surface area contributed by atoms with Crippen molar-refractivity contribution in [3.8, 4) is 0 Å². The summed E-state index contributed by atoms with van der Waals surface area (Å²) in [5, 5.41) is 4.02. The molecule has 0 saturated carbocycles. The number of unbranched alkanes of at least 4 members (excludes halogenated alkanes) is 6. The van der Waals surface area contributed by atoms with Crippen LogP contribution in [0.2, 0.25) is 0 Å². The van der Waals surface area contributed by atoms with Crippen LogP contribution in [0.4, 0.5) is 5.69 Å². The van der Waals surface area contributed by atoms with E-state index in [1.165, 1.54) is 32.1 Å². The summed E-state index contributed by atoms with van der Waals surface area (Å²) in [6, 6.07) is 8.03. The second-order valence-corrected chi connectivity index (χ2v) is 6.15. The fourth-order valence-electron chi connectivity index (χ4n) is 2.34. The Labute approximate surface area is 141 Å². The monoisotopic (exact) mass is 317 g/mol. The van der Waals surface area contributed by atoms with Gasteiger partial charge in [0.25, 0.3) is 0 Å². The Morgan fingerprint density at radius 2 is 1.65 bits per heavy atom. The number of nitrogens with one attached hydrogen (secondary N) is 1. The predicted octanol–water partition coefficient (Wildman–Crippen LogP) is 4.34. The van der Waals surface area contributed by atoms with E-state index >= 15 is 0 Å². The Kier molecular flexibility index (Phi) is 9.76. The quantitative estimate of drug-likeness (QED) is 0.375. The van der Waals surface area contributed by atoms with Crippen LogP contribution in [0.25, 0.3) is 0 Å². The van der Waals surface area contributed by atoms with Crippen molar-refractivity contribution in [1.82, 2.24) is 5.43 Å². The standard InChI is InChI=1S/C19H31N3O/c1-4-5-6-7-8-9-10-11-19(23)21-20-16-17-12-14-18(15-13-17)22(2)3/h12-16H,4-11H2,1-3H3,(H,21,23)/b20-16+. The van der Waals surface area contributed by atoms with Crippen molar-refractivity contribution in [1.29, 1.82) is 0 Å². The predicted molar refractivity (Wildman–Crippen MR) is 99.1 cm³/mol. The number of nitrogens with zero attached hydrogens (tertiary/aromatic N) is 2. The molecular formula is C19H31N3O. The molecule has 1 aromatic carbocycles. The first kappa shape index (κ1) is 19.2. The molecule has 23 heavy (non-hydrogen) atoms. The molecule has 4 nitrogen and oxygen atoms in total. The molecule has 0 saturated heterocycles. The van der Waals surface area contributed by atoms with Crippen LogP contribution < -0.4 is 10.3 Å². The van der Waals surface area contributed by atoms with E-state index in [1.807, 2.05) is 43.3 Å². The molecule has 0 atom stereocenters. The van der Waals surface area contributed by atoms with Gasteiger partial charge in [-0.3, -0.25) is 4.79 Å². The van der Waals surface area contributed by atoms with Crippen LogP contribution in [0.3, 0.4) is 0 Å². The normalized spacial score (nSPS) is 10.9. The van der Waals surface area contributed by atoms with Crippen LogP contribution in [0.15, 0.2) is 29.4 Å². The first-order valence-corrected chi connectivity index (χ1v) is 8.72. The van der Waals surface area contributed by atoms with Gasteiger partial charge in [-0.15, -0.1) is 0 Å². The lowest BCUT2D eigenvalue weighted by molar-refractivity contribution is -0.121. The zero-order valence-corrected chi connectivity index (χ0v) is 14.8. The van der Waals surface area contributed by atoms with Crippen molar-refractivity contribution < 1.29 is 4.79 Å². The maximum Gasteiger partial charge on any atom is 0.240 e. The van der Waals surface area contributed by atoms with Crippen molar-refractivity contribution in [3.05, 3.63) is 29.8 Å². The zero-order valence-electron chi connectivity index (χ0n) is 14.8. The lowest BCUT2D eigenvalue weighted by atomic mass is 10.1. The minimum atomic E-state index is -0.000259. The third-order valence-corrected chi connectivity index (χ3v) is 3.82. The highest BCUT2D eigenvalue weighted by molar-refractivity contribution is 5.82. The Bertz CT molecular complexity index is 466. The maximum absolute atomic E-state index is 11.7. The lowest BCUT2D eigenvalue weighted by Gasteiger charge is -2.11. The van der Waals surface area contributed by atoms with Gasteiger partial charge in [0, 0.05) is 26.2 Å². The number of rotatable bonds is 11. The molecule has 0 radical (unpaired) electrons. The highest BCUT2D eigenvalue weighted by Gasteiger charge is 1.99. The number of anilines is 1. The van der Waals surface area contributed by atoms with Crippen LogP contribution in [0.1, 0.15) is 63.9 Å². The van der Waals surface area contributed by atoms with Gasteiger partial charge in [0.1, 0.15) is 0 Å². The fraction of sp³-hybridized carbons (Fsp3) is 0.579. The van der Waals surface area contributed by atoms with Crippen molar-refractivity contribution in [3.63, 3.8) is 0 Å². The SMILES string of the molecule is CCCCCCCCCC(=O)N/N=C/c1ccc(N(C)C)cc1. The third kappa shape index (κ3) is 9.01. The molecule has 1 rings (SSSR count). The van der Waals surface area contributed by atoms with Crippen LogP contribution in [-0.2, 0) is 4.79 Å². The Morgan fingerprint density at radius 1 is 1.04 bits per heavy atom. The largest absolute Gasteiger partial charge is 0.378 e. The molecule has 1 amide bonds. The summed E-state index contributed by atoms with van der Waals surface area (Å²) in [4.78, 5) is 13.7. The molecule has 0 aliphatic carbocycles. The maximum atomic E-state index is 11.7. The van der Waals surface area contributed by atoms with E-state index < -0.39 is 0 Å². The van der Waals surface area contributed by atoms with E-state index in [2.05, 4.69) is 17.5 Å². The van der Waals surface area contributed by atoms with E-state index in [0.29, 0.717) is 6.42 Å². The fourth-order valence-corrected chi connectivity index (χ4v) is 2.34. The summed E-state index contributed by atoms with van der Waals surface area (Å²) in [6.07, 6.45) is 10.8. The zero-order chi connectivity index (χ0) is 16.9. The molecule has 0 heterocycles. The number of carbonyl (C=O) groups excluding carboxylic acids is 1. The third-order valence-electron chi connectivity index (χ3n) is 3.82. The Morgan fingerprint density at radius 3 is 2.26 bits per heavy atom. The second-order valence-electron chi connectivity index (χ2n) is 6.15. The van der Waals surface area contributed by atoms with Crippen LogP contribution in [0.5, 0.6) is 0 Å². The number of amides is 1. The minimum Gasteiger partial charge on any atom is -0.378 e. The highest BCUT2D eigenvalue weighted by Crippen LogP contribution is 2.11. The number of hydrogen-bond acceptors (Lipinski definition) is 3. The summed E-state index contributed by atoms with van der Waals surface area (Å²) < 4.78 is 0. The van der Waals surface area contributed by atoms with Gasteiger partial charge >= 0.3 is 0 Å². The van der Waals surface area contributed by atoms with Crippen LogP contribution in [0, 0.1) is 0 Å². The molecule has 4 heteroatoms. The van der Waals surface area contributed by atoms with E-state index in [1.54, 1.807) is 6.21 Å². The number of benzene rings is 1. The molecular weight excluding hydrogens is 286 g/mol. The van der Waals surface area contributed by atoms with Gasteiger partial charge in [-0.05, 0) is 24.1 Å². The smallest absolute Gasteiger partial charge is 0.240 e. The van der Waals surface area contributed by atoms with Gasteiger partial charge in [0.2, 0.25) is 5.91 Å². The molecule has 1 N–H and O–H groups in total. The first-order chi connectivity index (χ1) is 11.1. The summed E-state index contributed by atoms with van der Waals surface area (Å²) in [5.41, 5.74) is 4.72. The molecule has 0 aliphatic heterocycles. The van der Waals surface area contributed by atoms with Crippen LogP contribution in [-0.4, -0.2) is 26.2 Å². The van der Waals surface area contributed by atoms with Crippen molar-refractivity contribution in [2.45, 2.75) is 58.3 Å². The number of hydrogen-bond donors (Lipinski definition) is 1. The van der Waals surface area contributed by atoms with E-state index in [4.69, 9.17) is 0 Å². The minimum absolute atomic E-state index is 0.000259. The number of carbonyl (C=O) groups is 1. The lowest BCUT2D eigenvalue weighted by Crippen LogP contribution is -2.16. The molecule has 1 aromatic rings. The molecule has 0 bridgehead atoms. The van der Waals surface area contributed by atoms with E-state index in [9.17, 15) is 4.79 Å². The summed E-state index contributed by atoms with van der Waals surface area (Å²) in [5.74, 6) is -0.000259. The molecule has 0 aromatic heterocycles. The summed E-state index contributed by atoms with van der Waals surface area (Å²) in [6.45, 7) is 2.22. The van der Waals surface area contributed by atoms with E-state index in [-0.39, 0.29) is 5.91 Å². The van der Waals surface area contributed by atoms with Gasteiger partial charge in [-0.2, -0.15) is 5.10 Å². The van der Waals surface area contributed by atoms with Crippen molar-refractivity contribution >= 4 is 17.8 Å². The van der Waals surface area contributed by atoms with Crippen molar-refractivity contribution in [2.24, 2.45) is 5.10 Å². The average Bonchev–Trinajstić information content (AvgIpc) is 2.54. The highest BCUT2D eigenvalue weighted by atomic mass is 16.2. The van der Waals surface area contributed by atoms with Gasteiger partial charge < -0.3 is 4.90 Å². The van der Waals surface area contributed by atoms with Crippen molar-refractivity contribution in [2.75, 3.05) is 19.0 Å². The molecule has 0 spiro atoms. The van der Waals surface area contributed by atoms with Gasteiger partial charge in [-0.1, -0.05) is 57.6 Å². The number of hydrazone groups is 1. The summed E-state index contributed by atoms with van der Waals surface area (Å²) in [7, 11) is 4.01. The topological polar surface area (TPSA) is 44.7 Å². The average molecular weight is 317 g/mol. The molecule has 0 fully saturated rings. The second kappa shape index (κ2) is 11.7. The molecule has 0 aliphatic rings. The first-order valence-electron chi connectivity index (χ1n) is 8.72. The van der Waals surface area contributed by atoms with E-state index in [0.717, 1.165) is 24.1 Å². The van der Waals surface area contributed by atoms with Gasteiger partial charge in [0.05, 0.1) is 6.21 Å². The Balaban J connectivity index is 2.15. The van der Waals surface area contributed by atoms with Gasteiger partial charge in [-0.25, -0.2) is 5.43 Å². The van der Waals surface area contributed by atoms with Gasteiger partial charge in [0.15, 0.2) is 0 Å². The summed E-state index contributed by atoms with van der Waals surface area (Å²) >= 11 is 0. The molecule has 0 unspecified atom stereocenters. The molecule has 128 valence electrons. The Hall–Kier alpha value is -1.84.